The van der Waals surface area contributed by atoms with Gasteiger partial charge in [-0.15, -0.1) is 0 Å². The molecule has 0 aliphatic carbocycles. The maximum atomic E-state index is 12.8. The molecule has 10 heteroatoms. The molecule has 3 N–H and O–H groups in total. The predicted molar refractivity (Wildman–Crippen MR) is 451 cm³/mol. The predicted octanol–water partition coefficient (Wildman–Crippen LogP) is 32.1. The number of hydrogen-bond acceptors (Lipinski definition) is 8. The number of ether oxygens (including phenoxy) is 2. The number of carbonyl (C=O) groups excluding carboxylic acids is 2. The molecule has 0 aliphatic heterocycles. The Morgan fingerprint density at radius 3 is 0.689 bits per heavy atom. The fourth-order valence-corrected chi connectivity index (χ4v) is 15.9. The summed E-state index contributed by atoms with van der Waals surface area (Å²) in [6, 6.07) is 0. The number of phosphoric ester groups is 1. The summed E-state index contributed by atoms with van der Waals surface area (Å²) in [6.45, 7) is 3.86. The van der Waals surface area contributed by atoms with E-state index in [2.05, 4.69) is 26.0 Å². The minimum Gasteiger partial charge on any atom is -0.462 e. The fraction of sp³-hybridized carbons (Fsp3) is 0.957. The standard InChI is InChI=1S/C93H184NO8P/c1-3-5-7-9-11-13-15-17-19-21-23-25-27-29-31-33-35-37-39-41-43-45-47-49-51-53-55-57-59-61-63-65-67-69-71-73-75-77-79-81-83-85-92(95)99-89-91(90-101-103(97,98)100-88-87-94)102-93(96)86-84-82-80-78-76-74-72-70-68-66-64-62-60-58-56-54-52-50-48-46-44-42-40-38-36-34-32-30-28-26-24-22-20-18-16-14-12-10-8-6-4-2/h22,24,91H,3-21,23,25-90,94H2,1-2H3,(H,97,98)/b24-22-. The van der Waals surface area contributed by atoms with Crippen LogP contribution in [0, 0.1) is 0 Å². The maximum Gasteiger partial charge on any atom is 0.472 e. The van der Waals surface area contributed by atoms with Crippen molar-refractivity contribution in [3.05, 3.63) is 12.2 Å². The molecule has 0 rings (SSSR count). The van der Waals surface area contributed by atoms with Crippen LogP contribution in [0.3, 0.4) is 0 Å². The SMILES string of the molecule is CCCCCCCCCC/C=C\CCCCCCCCCCCCCCCCCCCCCCCCCCCCCCCC(=O)OC(COC(=O)CCCCCCCCCCCCCCCCCCCCCCCCCCCCCCCCCCCCCCCCCCC)COP(=O)(O)OCCN. The van der Waals surface area contributed by atoms with E-state index in [0.717, 1.165) is 32.1 Å². The molecule has 0 fully saturated rings. The number of hydrogen-bond donors (Lipinski definition) is 2. The molecule has 0 aliphatic rings. The van der Waals surface area contributed by atoms with Crippen molar-refractivity contribution in [1.82, 2.24) is 0 Å². The van der Waals surface area contributed by atoms with Crippen molar-refractivity contribution in [1.29, 1.82) is 0 Å². The van der Waals surface area contributed by atoms with Crippen molar-refractivity contribution in [2.75, 3.05) is 26.4 Å². The molecular weight excluding hydrogens is 1290 g/mol. The minimum atomic E-state index is -4.39. The van der Waals surface area contributed by atoms with Gasteiger partial charge in [-0.2, -0.15) is 0 Å². The van der Waals surface area contributed by atoms with Crippen LogP contribution in [0.25, 0.3) is 0 Å². The molecule has 0 aromatic heterocycles. The van der Waals surface area contributed by atoms with E-state index < -0.39 is 26.5 Å². The van der Waals surface area contributed by atoms with Crippen molar-refractivity contribution in [2.45, 2.75) is 546 Å². The third-order valence-electron chi connectivity index (χ3n) is 22.2. The topological polar surface area (TPSA) is 134 Å². The van der Waals surface area contributed by atoms with Gasteiger partial charge in [0.25, 0.3) is 0 Å². The highest BCUT2D eigenvalue weighted by Crippen LogP contribution is 2.43. The highest BCUT2D eigenvalue weighted by Gasteiger charge is 2.26. The third-order valence-corrected chi connectivity index (χ3v) is 23.1. The van der Waals surface area contributed by atoms with Gasteiger partial charge in [-0.25, -0.2) is 4.57 Å². The Balaban J connectivity index is 3.65. The van der Waals surface area contributed by atoms with Crippen LogP contribution in [0.2, 0.25) is 0 Å². The highest BCUT2D eigenvalue weighted by molar-refractivity contribution is 7.47. The lowest BCUT2D eigenvalue weighted by Gasteiger charge is -2.19. The van der Waals surface area contributed by atoms with Crippen molar-refractivity contribution < 1.29 is 37.6 Å². The summed E-state index contributed by atoms with van der Waals surface area (Å²) in [4.78, 5) is 35.6. The molecule has 0 aromatic carbocycles. The molecule has 0 saturated heterocycles. The van der Waals surface area contributed by atoms with E-state index in [1.54, 1.807) is 0 Å². The van der Waals surface area contributed by atoms with Crippen LogP contribution in [-0.4, -0.2) is 49.3 Å². The zero-order chi connectivity index (χ0) is 74.3. The Kier molecular flexibility index (Phi) is 88.6. The van der Waals surface area contributed by atoms with Crippen LogP contribution in [0.15, 0.2) is 12.2 Å². The zero-order valence-electron chi connectivity index (χ0n) is 69.9. The number of phosphoric acid groups is 1. The molecule has 103 heavy (non-hydrogen) atoms. The van der Waals surface area contributed by atoms with Crippen LogP contribution in [-0.2, 0) is 32.7 Å². The highest BCUT2D eigenvalue weighted by atomic mass is 31.2. The van der Waals surface area contributed by atoms with Crippen LogP contribution in [0.1, 0.15) is 540 Å². The second-order valence-electron chi connectivity index (χ2n) is 32.6. The van der Waals surface area contributed by atoms with Gasteiger partial charge in [-0.3, -0.25) is 18.6 Å². The van der Waals surface area contributed by atoms with Crippen molar-refractivity contribution >= 4 is 19.8 Å². The van der Waals surface area contributed by atoms with E-state index in [1.807, 2.05) is 0 Å². The summed E-state index contributed by atoms with van der Waals surface area (Å²) in [5.74, 6) is -0.792. The molecule has 9 nitrogen and oxygen atoms in total. The molecule has 2 atom stereocenters. The number of unbranched alkanes of at least 4 members (excludes halogenated alkanes) is 77. The first-order valence-electron chi connectivity index (χ1n) is 47.2. The quantitative estimate of drug-likeness (QED) is 0.0264. The van der Waals surface area contributed by atoms with Gasteiger partial charge in [0.1, 0.15) is 6.61 Å². The van der Waals surface area contributed by atoms with E-state index in [-0.39, 0.29) is 32.1 Å². The lowest BCUT2D eigenvalue weighted by molar-refractivity contribution is -0.161. The summed E-state index contributed by atoms with van der Waals surface area (Å²) in [6.07, 6.45) is 114. The molecular formula is C93H184NO8P. The lowest BCUT2D eigenvalue weighted by Crippen LogP contribution is -2.29. The van der Waals surface area contributed by atoms with Gasteiger partial charge in [-0.1, -0.05) is 501 Å². The van der Waals surface area contributed by atoms with E-state index >= 15 is 0 Å². The smallest absolute Gasteiger partial charge is 0.462 e. The first kappa shape index (κ1) is 102. The van der Waals surface area contributed by atoms with E-state index in [1.165, 1.54) is 475 Å². The van der Waals surface area contributed by atoms with E-state index in [9.17, 15) is 19.0 Å². The molecule has 0 heterocycles. The fourth-order valence-electron chi connectivity index (χ4n) is 15.2. The summed E-state index contributed by atoms with van der Waals surface area (Å²) in [5, 5.41) is 0. The van der Waals surface area contributed by atoms with E-state index in [4.69, 9.17) is 24.3 Å². The molecule has 0 aromatic rings. The number of nitrogens with two attached hydrogens (primary N) is 1. The number of allylic oxidation sites excluding steroid dienone is 2. The second-order valence-corrected chi connectivity index (χ2v) is 34.1. The Morgan fingerprint density at radius 1 is 0.282 bits per heavy atom. The van der Waals surface area contributed by atoms with Crippen molar-refractivity contribution in [3.8, 4) is 0 Å². The Bertz CT molecular complexity index is 1700. The molecule has 0 saturated carbocycles. The van der Waals surface area contributed by atoms with Gasteiger partial charge >= 0.3 is 19.8 Å². The number of esters is 2. The monoisotopic (exact) mass is 1470 g/mol. The van der Waals surface area contributed by atoms with Crippen LogP contribution < -0.4 is 5.73 Å². The molecule has 0 radical (unpaired) electrons. The Hall–Kier alpha value is -1.25. The van der Waals surface area contributed by atoms with Gasteiger partial charge in [0.15, 0.2) is 6.10 Å². The summed E-state index contributed by atoms with van der Waals surface area (Å²) in [7, 11) is -4.39. The Morgan fingerprint density at radius 2 is 0.476 bits per heavy atom. The molecule has 0 bridgehead atoms. The molecule has 2 unspecified atom stereocenters. The average molecular weight is 1480 g/mol. The first-order chi connectivity index (χ1) is 50.8. The van der Waals surface area contributed by atoms with Gasteiger partial charge < -0.3 is 20.1 Å². The summed E-state index contributed by atoms with van der Waals surface area (Å²) < 4.78 is 33.4. The van der Waals surface area contributed by atoms with Gasteiger partial charge in [0.2, 0.25) is 0 Å². The van der Waals surface area contributed by atoms with Crippen LogP contribution >= 0.6 is 7.82 Å². The number of rotatable bonds is 92. The Labute approximate surface area is 644 Å². The van der Waals surface area contributed by atoms with Gasteiger partial charge in [0, 0.05) is 19.4 Å². The zero-order valence-corrected chi connectivity index (χ0v) is 70.8. The minimum absolute atomic E-state index is 0.0585. The van der Waals surface area contributed by atoms with Crippen molar-refractivity contribution in [2.24, 2.45) is 5.73 Å². The second kappa shape index (κ2) is 89.6. The average Bonchev–Trinajstić information content (AvgIpc) is 0.970. The number of carbonyl (C=O) groups is 2. The first-order valence-corrected chi connectivity index (χ1v) is 48.7. The van der Waals surface area contributed by atoms with Crippen LogP contribution in [0.5, 0.6) is 0 Å². The maximum absolute atomic E-state index is 12.8. The third kappa shape index (κ3) is 89.5. The summed E-state index contributed by atoms with van der Waals surface area (Å²) in [5.41, 5.74) is 5.43. The largest absolute Gasteiger partial charge is 0.472 e. The normalized spacial score (nSPS) is 12.7. The molecule has 0 amide bonds. The van der Waals surface area contributed by atoms with Gasteiger partial charge in [-0.05, 0) is 38.5 Å². The van der Waals surface area contributed by atoms with E-state index in [0.29, 0.717) is 12.8 Å². The molecule has 0 spiro atoms. The van der Waals surface area contributed by atoms with Gasteiger partial charge in [0.05, 0.1) is 13.2 Å². The lowest BCUT2D eigenvalue weighted by atomic mass is 10.0. The molecule has 614 valence electrons. The van der Waals surface area contributed by atoms with Crippen molar-refractivity contribution in [3.63, 3.8) is 0 Å². The summed E-state index contributed by atoms with van der Waals surface area (Å²) >= 11 is 0. The van der Waals surface area contributed by atoms with Crippen LogP contribution in [0.4, 0.5) is 0 Å².